The zero-order valence-electron chi connectivity index (χ0n) is 14.7. The van der Waals surface area contributed by atoms with Crippen LogP contribution < -0.4 is 10.1 Å². The molecule has 0 radical (unpaired) electrons. The molecule has 0 saturated carbocycles. The minimum Gasteiger partial charge on any atom is -0.481 e. The summed E-state index contributed by atoms with van der Waals surface area (Å²) in [6.07, 6.45) is -0.731. The van der Waals surface area contributed by atoms with Gasteiger partial charge in [-0.2, -0.15) is 0 Å². The average Bonchev–Trinajstić information content (AvgIpc) is 3.04. The topological polar surface area (TPSA) is 90.4 Å². The Labute approximate surface area is 164 Å². The summed E-state index contributed by atoms with van der Waals surface area (Å²) in [4.78, 5) is 23.4. The van der Waals surface area contributed by atoms with Crippen molar-refractivity contribution in [3.8, 4) is 5.75 Å². The van der Waals surface area contributed by atoms with Crippen LogP contribution in [-0.4, -0.2) is 41.0 Å². The molecule has 1 aromatic heterocycles. The van der Waals surface area contributed by atoms with Crippen LogP contribution in [-0.2, 0) is 14.3 Å². The van der Waals surface area contributed by atoms with Crippen LogP contribution in [0.15, 0.2) is 16.5 Å². The number of ether oxygens (including phenoxy) is 2. The fourth-order valence-electron chi connectivity index (χ4n) is 1.94. The molecule has 1 heterocycles. The Morgan fingerprint density at radius 3 is 2.58 bits per heavy atom. The number of esters is 1. The summed E-state index contributed by atoms with van der Waals surface area (Å²) in [5.41, 5.74) is 1.76. The zero-order chi connectivity index (χ0) is 19.3. The summed E-state index contributed by atoms with van der Waals surface area (Å²) in [5.74, 6) is -0.00524. The molecule has 0 bridgehead atoms. The molecule has 0 aliphatic carbocycles. The molecule has 1 unspecified atom stereocenters. The van der Waals surface area contributed by atoms with Gasteiger partial charge in [0.25, 0.3) is 5.91 Å². The van der Waals surface area contributed by atoms with Gasteiger partial charge in [0, 0.05) is 5.02 Å². The maximum absolute atomic E-state index is 12.3. The second-order valence-corrected chi connectivity index (χ2v) is 7.94. The lowest BCUT2D eigenvalue weighted by Crippen LogP contribution is -2.30. The maximum Gasteiger partial charge on any atom is 0.316 e. The van der Waals surface area contributed by atoms with E-state index in [0.29, 0.717) is 20.2 Å². The molecule has 0 aliphatic heterocycles. The third-order valence-corrected chi connectivity index (χ3v) is 5.81. The first-order valence-electron chi connectivity index (χ1n) is 7.57. The van der Waals surface area contributed by atoms with Crippen LogP contribution in [0.4, 0.5) is 5.13 Å². The highest BCUT2D eigenvalue weighted by Crippen LogP contribution is 2.27. The number of carbonyl (C=O) groups is 2. The van der Waals surface area contributed by atoms with Crippen molar-refractivity contribution in [1.82, 2.24) is 10.2 Å². The molecule has 1 amide bonds. The zero-order valence-corrected chi connectivity index (χ0v) is 17.0. The average molecular weight is 416 g/mol. The fourth-order valence-corrected chi connectivity index (χ4v) is 3.63. The number of carbonyl (C=O) groups excluding carboxylic acids is 2. The number of aryl methyl sites for hydroxylation is 2. The van der Waals surface area contributed by atoms with Gasteiger partial charge in [0.2, 0.25) is 5.13 Å². The molecule has 2 rings (SSSR count). The van der Waals surface area contributed by atoms with E-state index in [4.69, 9.17) is 16.3 Å². The van der Waals surface area contributed by atoms with Gasteiger partial charge in [-0.05, 0) is 44.0 Å². The second kappa shape index (κ2) is 9.20. The van der Waals surface area contributed by atoms with Gasteiger partial charge in [-0.15, -0.1) is 10.2 Å². The first-order chi connectivity index (χ1) is 12.3. The van der Waals surface area contributed by atoms with Crippen molar-refractivity contribution in [3.63, 3.8) is 0 Å². The highest BCUT2D eigenvalue weighted by atomic mass is 35.5. The first kappa shape index (κ1) is 20.5. The summed E-state index contributed by atoms with van der Waals surface area (Å²) in [6.45, 7) is 5.39. The van der Waals surface area contributed by atoms with E-state index in [-0.39, 0.29) is 17.6 Å². The summed E-state index contributed by atoms with van der Waals surface area (Å²) < 4.78 is 10.8. The van der Waals surface area contributed by atoms with E-state index in [2.05, 4.69) is 20.3 Å². The third-order valence-electron chi connectivity index (χ3n) is 3.27. The molecular weight excluding hydrogens is 398 g/mol. The molecule has 0 fully saturated rings. The summed E-state index contributed by atoms with van der Waals surface area (Å²) in [6, 6.07) is 3.57. The monoisotopic (exact) mass is 415 g/mol. The Bertz CT molecular complexity index is 790. The van der Waals surface area contributed by atoms with E-state index in [9.17, 15) is 9.59 Å². The minimum absolute atomic E-state index is 0.133. The minimum atomic E-state index is -0.731. The quantitative estimate of drug-likeness (QED) is 0.420. The number of methoxy groups -OCH3 is 1. The lowest BCUT2D eigenvalue weighted by Gasteiger charge is -2.15. The van der Waals surface area contributed by atoms with Gasteiger partial charge in [0.05, 0.1) is 12.9 Å². The van der Waals surface area contributed by atoms with Crippen molar-refractivity contribution in [2.45, 2.75) is 31.2 Å². The molecule has 10 heteroatoms. The van der Waals surface area contributed by atoms with Crippen LogP contribution in [0.3, 0.4) is 0 Å². The SMILES string of the molecule is COC(=O)CSc1nnc(NC(=O)C(C)Oc2cc(C)c(Cl)c(C)c2)s1. The molecular formula is C16H18ClN3O4S2. The van der Waals surface area contributed by atoms with E-state index >= 15 is 0 Å². The lowest BCUT2D eigenvalue weighted by molar-refractivity contribution is -0.137. The summed E-state index contributed by atoms with van der Waals surface area (Å²) >= 11 is 8.50. The largest absolute Gasteiger partial charge is 0.481 e. The van der Waals surface area contributed by atoms with Crippen molar-refractivity contribution in [2.75, 3.05) is 18.2 Å². The summed E-state index contributed by atoms with van der Waals surface area (Å²) in [5, 5.41) is 11.5. The van der Waals surface area contributed by atoms with Crippen LogP contribution in [0.5, 0.6) is 5.75 Å². The van der Waals surface area contributed by atoms with Crippen molar-refractivity contribution in [2.24, 2.45) is 0 Å². The van der Waals surface area contributed by atoms with Crippen LogP contribution in [0.1, 0.15) is 18.1 Å². The molecule has 26 heavy (non-hydrogen) atoms. The number of benzene rings is 1. The smallest absolute Gasteiger partial charge is 0.316 e. The number of rotatable bonds is 7. The van der Waals surface area contributed by atoms with E-state index in [0.717, 1.165) is 11.1 Å². The molecule has 1 aromatic carbocycles. The molecule has 0 spiro atoms. The van der Waals surface area contributed by atoms with Gasteiger partial charge in [-0.25, -0.2) is 0 Å². The molecule has 7 nitrogen and oxygen atoms in total. The van der Waals surface area contributed by atoms with Crippen molar-refractivity contribution in [3.05, 3.63) is 28.3 Å². The van der Waals surface area contributed by atoms with Crippen molar-refractivity contribution >= 4 is 51.7 Å². The Morgan fingerprint density at radius 2 is 1.96 bits per heavy atom. The Morgan fingerprint density at radius 1 is 1.31 bits per heavy atom. The standard InChI is InChI=1S/C16H18ClN3O4S2/c1-8-5-11(6-9(2)13(8)17)24-10(3)14(22)18-15-19-20-16(26-15)25-7-12(21)23-4/h5-6,10H,7H2,1-4H3,(H,18,19,22). The fraction of sp³-hybridized carbons (Fsp3) is 0.375. The van der Waals surface area contributed by atoms with Gasteiger partial charge in [-0.3, -0.25) is 14.9 Å². The molecule has 0 aliphatic rings. The predicted octanol–water partition coefficient (Wildman–Crippen LogP) is 3.48. The summed E-state index contributed by atoms with van der Waals surface area (Å²) in [7, 11) is 1.32. The van der Waals surface area contributed by atoms with Gasteiger partial charge >= 0.3 is 5.97 Å². The number of nitrogens with zero attached hydrogens (tertiary/aromatic N) is 2. The van der Waals surface area contributed by atoms with Gasteiger partial charge < -0.3 is 9.47 Å². The molecule has 0 saturated heterocycles. The Hall–Kier alpha value is -1.84. The number of hydrogen-bond acceptors (Lipinski definition) is 8. The van der Waals surface area contributed by atoms with Crippen molar-refractivity contribution < 1.29 is 19.1 Å². The van der Waals surface area contributed by atoms with Crippen LogP contribution in [0.2, 0.25) is 5.02 Å². The number of amides is 1. The van der Waals surface area contributed by atoms with E-state index in [1.807, 2.05) is 13.8 Å². The van der Waals surface area contributed by atoms with Gasteiger partial charge in [0.15, 0.2) is 10.4 Å². The van der Waals surface area contributed by atoms with Crippen LogP contribution in [0, 0.1) is 13.8 Å². The predicted molar refractivity (Wildman–Crippen MR) is 102 cm³/mol. The number of halogens is 1. The number of anilines is 1. The number of hydrogen-bond donors (Lipinski definition) is 1. The third kappa shape index (κ3) is 5.58. The number of thioether (sulfide) groups is 1. The molecule has 2 aromatic rings. The van der Waals surface area contributed by atoms with Gasteiger partial charge in [0.1, 0.15) is 5.75 Å². The highest BCUT2D eigenvalue weighted by Gasteiger charge is 2.18. The van der Waals surface area contributed by atoms with Crippen molar-refractivity contribution in [1.29, 1.82) is 0 Å². The maximum atomic E-state index is 12.3. The molecule has 1 atom stereocenters. The number of nitrogens with one attached hydrogen (secondary N) is 1. The Kier molecular flexibility index (Phi) is 7.24. The Balaban J connectivity index is 1.93. The van der Waals surface area contributed by atoms with E-state index < -0.39 is 6.10 Å². The van der Waals surface area contributed by atoms with Crippen LogP contribution >= 0.6 is 34.7 Å². The lowest BCUT2D eigenvalue weighted by atomic mass is 10.1. The number of aromatic nitrogens is 2. The first-order valence-corrected chi connectivity index (χ1v) is 9.75. The second-order valence-electron chi connectivity index (χ2n) is 5.36. The highest BCUT2D eigenvalue weighted by molar-refractivity contribution is 8.01. The van der Waals surface area contributed by atoms with Gasteiger partial charge in [-0.1, -0.05) is 34.7 Å². The normalized spacial score (nSPS) is 11.7. The van der Waals surface area contributed by atoms with E-state index in [1.54, 1.807) is 19.1 Å². The van der Waals surface area contributed by atoms with Crippen LogP contribution in [0.25, 0.3) is 0 Å². The molecule has 1 N–H and O–H groups in total. The molecule has 140 valence electrons. The van der Waals surface area contributed by atoms with E-state index in [1.165, 1.54) is 30.2 Å².